The molecular formula is C15H21N3O. The zero-order valence-corrected chi connectivity index (χ0v) is 11.5. The third kappa shape index (κ3) is 2.20. The van der Waals surface area contributed by atoms with Crippen molar-refractivity contribution in [2.24, 2.45) is 5.41 Å². The molecule has 2 heterocycles. The molecule has 102 valence electrons. The first-order valence-electron chi connectivity index (χ1n) is 7.22. The van der Waals surface area contributed by atoms with Gasteiger partial charge in [-0.3, -0.25) is 4.79 Å². The number of carbonyl (C=O) groups excluding carboxylic acids is 1. The lowest BCUT2D eigenvalue weighted by Crippen LogP contribution is -2.39. The fourth-order valence-electron chi connectivity index (χ4n) is 3.24. The first-order chi connectivity index (χ1) is 9.21. The van der Waals surface area contributed by atoms with Crippen LogP contribution in [0.1, 0.15) is 44.1 Å². The smallest absolute Gasteiger partial charge is 0.232 e. The Bertz CT molecular complexity index is 490. The summed E-state index contributed by atoms with van der Waals surface area (Å²) in [7, 11) is 0. The zero-order chi connectivity index (χ0) is 13.3. The summed E-state index contributed by atoms with van der Waals surface area (Å²) in [5.74, 6) is 0.992. The zero-order valence-electron chi connectivity index (χ0n) is 11.5. The quantitative estimate of drug-likeness (QED) is 0.752. The highest BCUT2D eigenvalue weighted by Gasteiger charge is 2.40. The molecule has 1 fully saturated rings. The molecule has 19 heavy (non-hydrogen) atoms. The number of nitrogens with one attached hydrogen (secondary N) is 2. The maximum absolute atomic E-state index is 12.7. The Kier molecular flexibility index (Phi) is 3.17. The minimum atomic E-state index is -0.246. The number of anilines is 2. The summed E-state index contributed by atoms with van der Waals surface area (Å²) in [6, 6.07) is 1.94. The van der Waals surface area contributed by atoms with E-state index < -0.39 is 0 Å². The molecule has 0 atom stereocenters. The average molecular weight is 259 g/mol. The van der Waals surface area contributed by atoms with Crippen molar-refractivity contribution in [1.82, 2.24) is 4.98 Å². The third-order valence-corrected chi connectivity index (χ3v) is 4.53. The van der Waals surface area contributed by atoms with Crippen molar-refractivity contribution in [3.05, 3.63) is 17.8 Å². The van der Waals surface area contributed by atoms with Crippen LogP contribution in [0, 0.1) is 12.3 Å². The van der Waals surface area contributed by atoms with Crippen LogP contribution in [-0.4, -0.2) is 17.4 Å². The SMILES string of the molecule is Cc1ccnc2c1NC(=O)C1(CCCCCC1)CN2. The van der Waals surface area contributed by atoms with Gasteiger partial charge in [0.2, 0.25) is 5.91 Å². The van der Waals surface area contributed by atoms with Gasteiger partial charge in [0.25, 0.3) is 0 Å². The third-order valence-electron chi connectivity index (χ3n) is 4.53. The maximum Gasteiger partial charge on any atom is 0.232 e. The molecule has 0 aromatic carbocycles. The molecule has 0 bridgehead atoms. The van der Waals surface area contributed by atoms with E-state index in [1.54, 1.807) is 6.20 Å². The number of pyridine rings is 1. The fourth-order valence-corrected chi connectivity index (χ4v) is 3.24. The molecule has 1 saturated carbocycles. The fraction of sp³-hybridized carbons (Fsp3) is 0.600. The summed E-state index contributed by atoms with van der Waals surface area (Å²) < 4.78 is 0. The number of fused-ring (bicyclic) bond motifs is 1. The van der Waals surface area contributed by atoms with E-state index in [1.165, 1.54) is 12.8 Å². The second kappa shape index (κ2) is 4.83. The van der Waals surface area contributed by atoms with Gasteiger partial charge >= 0.3 is 0 Å². The standard InChI is InChI=1S/C15H21N3O/c1-11-6-9-16-13-12(11)18-14(19)15(10-17-13)7-4-2-3-5-8-15/h6,9H,2-5,7-8,10H2,1H3,(H,16,17)(H,18,19). The van der Waals surface area contributed by atoms with Gasteiger partial charge in [-0.15, -0.1) is 0 Å². The largest absolute Gasteiger partial charge is 0.367 e. The molecule has 1 aliphatic carbocycles. The summed E-state index contributed by atoms with van der Waals surface area (Å²) in [5.41, 5.74) is 1.68. The van der Waals surface area contributed by atoms with Crippen LogP contribution >= 0.6 is 0 Å². The number of aryl methyl sites for hydroxylation is 1. The highest BCUT2D eigenvalue weighted by molar-refractivity contribution is 6.00. The lowest BCUT2D eigenvalue weighted by Gasteiger charge is -2.29. The van der Waals surface area contributed by atoms with Crippen molar-refractivity contribution in [2.75, 3.05) is 17.2 Å². The van der Waals surface area contributed by atoms with Crippen LogP contribution in [0.25, 0.3) is 0 Å². The number of carbonyl (C=O) groups is 1. The van der Waals surface area contributed by atoms with Gasteiger partial charge in [0, 0.05) is 12.7 Å². The summed E-state index contributed by atoms with van der Waals surface area (Å²) in [4.78, 5) is 17.0. The van der Waals surface area contributed by atoms with Gasteiger partial charge in [-0.25, -0.2) is 4.98 Å². The van der Waals surface area contributed by atoms with Crippen molar-refractivity contribution in [3.63, 3.8) is 0 Å². The molecule has 2 aliphatic rings. The lowest BCUT2D eigenvalue weighted by atomic mass is 9.79. The van der Waals surface area contributed by atoms with E-state index in [4.69, 9.17) is 0 Å². The van der Waals surface area contributed by atoms with E-state index in [2.05, 4.69) is 15.6 Å². The molecule has 4 heteroatoms. The number of hydrogen-bond donors (Lipinski definition) is 2. The first-order valence-corrected chi connectivity index (χ1v) is 7.22. The van der Waals surface area contributed by atoms with E-state index in [0.29, 0.717) is 6.54 Å². The Labute approximate surface area is 114 Å². The maximum atomic E-state index is 12.7. The summed E-state index contributed by atoms with van der Waals surface area (Å²) in [6.45, 7) is 2.72. The molecule has 1 aromatic rings. The molecular weight excluding hydrogens is 238 g/mol. The Morgan fingerprint density at radius 2 is 1.95 bits per heavy atom. The van der Waals surface area contributed by atoms with E-state index >= 15 is 0 Å². The van der Waals surface area contributed by atoms with Crippen molar-refractivity contribution in [1.29, 1.82) is 0 Å². The molecule has 0 radical (unpaired) electrons. The van der Waals surface area contributed by atoms with Crippen LogP contribution in [0.2, 0.25) is 0 Å². The molecule has 1 amide bonds. The van der Waals surface area contributed by atoms with Gasteiger partial charge in [-0.2, -0.15) is 0 Å². The van der Waals surface area contributed by atoms with E-state index in [0.717, 1.165) is 42.8 Å². The van der Waals surface area contributed by atoms with E-state index in [9.17, 15) is 4.79 Å². The van der Waals surface area contributed by atoms with Crippen LogP contribution in [0.5, 0.6) is 0 Å². The molecule has 4 nitrogen and oxygen atoms in total. The predicted molar refractivity (Wildman–Crippen MR) is 76.2 cm³/mol. The van der Waals surface area contributed by atoms with Crippen molar-refractivity contribution < 1.29 is 4.79 Å². The highest BCUT2D eigenvalue weighted by Crippen LogP contribution is 2.39. The topological polar surface area (TPSA) is 54.0 Å². The van der Waals surface area contributed by atoms with Crippen molar-refractivity contribution >= 4 is 17.4 Å². The van der Waals surface area contributed by atoms with Crippen LogP contribution in [-0.2, 0) is 4.79 Å². The van der Waals surface area contributed by atoms with Crippen molar-refractivity contribution in [2.45, 2.75) is 45.4 Å². The number of hydrogen-bond acceptors (Lipinski definition) is 3. The second-order valence-corrected chi connectivity index (χ2v) is 5.85. The van der Waals surface area contributed by atoms with Crippen LogP contribution < -0.4 is 10.6 Å². The van der Waals surface area contributed by atoms with Crippen LogP contribution in [0.15, 0.2) is 12.3 Å². The molecule has 2 N–H and O–H groups in total. The number of rotatable bonds is 0. The molecule has 1 aliphatic heterocycles. The first kappa shape index (κ1) is 12.5. The monoisotopic (exact) mass is 259 g/mol. The summed E-state index contributed by atoms with van der Waals surface area (Å²) >= 11 is 0. The number of aromatic nitrogens is 1. The van der Waals surface area contributed by atoms with E-state index in [-0.39, 0.29) is 11.3 Å². The summed E-state index contributed by atoms with van der Waals surface area (Å²) in [5, 5.41) is 6.51. The molecule has 3 rings (SSSR count). The van der Waals surface area contributed by atoms with Gasteiger partial charge in [0.15, 0.2) is 0 Å². The summed E-state index contributed by atoms with van der Waals surface area (Å²) in [6.07, 6.45) is 8.56. The van der Waals surface area contributed by atoms with Crippen LogP contribution in [0.4, 0.5) is 11.5 Å². The van der Waals surface area contributed by atoms with Crippen molar-refractivity contribution in [3.8, 4) is 0 Å². The molecule has 1 aromatic heterocycles. The Hall–Kier alpha value is -1.58. The Morgan fingerprint density at radius 3 is 2.68 bits per heavy atom. The minimum Gasteiger partial charge on any atom is -0.367 e. The average Bonchev–Trinajstić information content (AvgIpc) is 2.72. The Balaban J connectivity index is 1.93. The molecule has 0 saturated heterocycles. The predicted octanol–water partition coefficient (Wildman–Crippen LogP) is 3.09. The number of amides is 1. The van der Waals surface area contributed by atoms with Gasteiger partial charge in [-0.1, -0.05) is 25.7 Å². The molecule has 1 spiro atoms. The lowest BCUT2D eigenvalue weighted by molar-refractivity contribution is -0.125. The highest BCUT2D eigenvalue weighted by atomic mass is 16.2. The van der Waals surface area contributed by atoms with Gasteiger partial charge in [-0.05, 0) is 31.4 Å². The molecule has 0 unspecified atom stereocenters. The Morgan fingerprint density at radius 1 is 1.21 bits per heavy atom. The van der Waals surface area contributed by atoms with Gasteiger partial charge in [0.05, 0.1) is 11.1 Å². The van der Waals surface area contributed by atoms with Gasteiger partial charge < -0.3 is 10.6 Å². The second-order valence-electron chi connectivity index (χ2n) is 5.85. The minimum absolute atomic E-state index is 0.178. The normalized spacial score (nSPS) is 21.8. The van der Waals surface area contributed by atoms with E-state index in [1.807, 2.05) is 13.0 Å². The number of nitrogens with zero attached hydrogens (tertiary/aromatic N) is 1. The van der Waals surface area contributed by atoms with Crippen LogP contribution in [0.3, 0.4) is 0 Å². The van der Waals surface area contributed by atoms with Gasteiger partial charge in [0.1, 0.15) is 5.82 Å².